The van der Waals surface area contributed by atoms with E-state index < -0.39 is 0 Å². The third-order valence-corrected chi connectivity index (χ3v) is 1.37. The van der Waals surface area contributed by atoms with Crippen LogP contribution in [0.2, 0.25) is 5.28 Å². The molecule has 0 aliphatic heterocycles. The van der Waals surface area contributed by atoms with Gasteiger partial charge in [-0.25, -0.2) is 0 Å². The Balaban J connectivity index is 2.76. The van der Waals surface area contributed by atoms with Crippen molar-refractivity contribution >= 4 is 17.5 Å². The Morgan fingerprint density at radius 3 is 2.85 bits per heavy atom. The Morgan fingerprint density at radius 1 is 1.46 bits per heavy atom. The van der Waals surface area contributed by atoms with Crippen LogP contribution in [-0.4, -0.2) is 35.2 Å². The van der Waals surface area contributed by atoms with Crippen LogP contribution in [0, 0.1) is 0 Å². The van der Waals surface area contributed by atoms with Crippen molar-refractivity contribution in [1.29, 1.82) is 0 Å². The minimum Gasteiger partial charge on any atom is -0.467 e. The van der Waals surface area contributed by atoms with Crippen molar-refractivity contribution in [2.45, 2.75) is 0 Å². The van der Waals surface area contributed by atoms with Crippen LogP contribution in [0.25, 0.3) is 0 Å². The maximum Gasteiger partial charge on any atom is 0.322 e. The molecule has 0 radical (unpaired) electrons. The first kappa shape index (κ1) is 9.94. The highest BCUT2D eigenvalue weighted by molar-refractivity contribution is 6.28. The van der Waals surface area contributed by atoms with E-state index in [1.54, 1.807) is 0 Å². The largest absolute Gasteiger partial charge is 0.467 e. The van der Waals surface area contributed by atoms with Crippen LogP contribution in [0.15, 0.2) is 0 Å². The van der Waals surface area contributed by atoms with E-state index in [9.17, 15) is 0 Å². The SMILES string of the molecule is COc1nc(Cl)nc(NCCN)n1. The first-order chi connectivity index (χ1) is 6.26. The monoisotopic (exact) mass is 203 g/mol. The van der Waals surface area contributed by atoms with Crippen molar-refractivity contribution in [3.05, 3.63) is 5.28 Å². The molecular formula is C6H10ClN5O. The zero-order chi connectivity index (χ0) is 9.68. The van der Waals surface area contributed by atoms with E-state index in [1.807, 2.05) is 0 Å². The standard InChI is InChI=1S/C6H10ClN5O/c1-13-6-11-4(7)10-5(12-6)9-3-2-8/h2-3,8H2,1H3,(H,9,10,11,12). The molecule has 0 atom stereocenters. The van der Waals surface area contributed by atoms with Gasteiger partial charge in [0.05, 0.1) is 7.11 Å². The number of aromatic nitrogens is 3. The second kappa shape index (κ2) is 4.78. The molecule has 13 heavy (non-hydrogen) atoms. The fourth-order valence-electron chi connectivity index (χ4n) is 0.686. The summed E-state index contributed by atoms with van der Waals surface area (Å²) in [7, 11) is 1.46. The molecule has 0 spiro atoms. The summed E-state index contributed by atoms with van der Waals surface area (Å²) < 4.78 is 4.80. The number of nitrogens with two attached hydrogens (primary N) is 1. The molecule has 0 aromatic carbocycles. The average Bonchev–Trinajstić information content (AvgIpc) is 2.14. The van der Waals surface area contributed by atoms with E-state index in [1.165, 1.54) is 7.11 Å². The van der Waals surface area contributed by atoms with Crippen molar-refractivity contribution in [3.8, 4) is 6.01 Å². The van der Waals surface area contributed by atoms with Crippen LogP contribution in [0.4, 0.5) is 5.95 Å². The van der Waals surface area contributed by atoms with Crippen molar-refractivity contribution < 1.29 is 4.74 Å². The highest BCUT2D eigenvalue weighted by Gasteiger charge is 2.03. The number of hydrogen-bond donors (Lipinski definition) is 2. The van der Waals surface area contributed by atoms with Crippen LogP contribution < -0.4 is 15.8 Å². The number of anilines is 1. The summed E-state index contributed by atoms with van der Waals surface area (Å²) in [6.07, 6.45) is 0. The summed E-state index contributed by atoms with van der Waals surface area (Å²) in [6, 6.07) is 0.180. The molecule has 72 valence electrons. The lowest BCUT2D eigenvalue weighted by molar-refractivity contribution is 0.379. The van der Waals surface area contributed by atoms with Gasteiger partial charge in [0.15, 0.2) is 0 Å². The van der Waals surface area contributed by atoms with Gasteiger partial charge < -0.3 is 15.8 Å². The molecule has 0 unspecified atom stereocenters. The Kier molecular flexibility index (Phi) is 3.66. The molecule has 1 rings (SSSR count). The Bertz CT molecular complexity index is 282. The van der Waals surface area contributed by atoms with Gasteiger partial charge in [0.25, 0.3) is 0 Å². The van der Waals surface area contributed by atoms with Crippen molar-refractivity contribution in [2.75, 3.05) is 25.5 Å². The fourth-order valence-corrected chi connectivity index (χ4v) is 0.839. The van der Waals surface area contributed by atoms with Crippen LogP contribution in [-0.2, 0) is 0 Å². The average molecular weight is 204 g/mol. The minimum absolute atomic E-state index is 0.0892. The van der Waals surface area contributed by atoms with Gasteiger partial charge in [-0.05, 0) is 11.6 Å². The van der Waals surface area contributed by atoms with E-state index in [2.05, 4.69) is 20.3 Å². The molecule has 7 heteroatoms. The molecule has 0 bridgehead atoms. The molecule has 0 amide bonds. The molecule has 0 saturated heterocycles. The second-order valence-corrected chi connectivity index (χ2v) is 2.47. The van der Waals surface area contributed by atoms with E-state index in [0.717, 1.165) is 0 Å². The molecule has 0 aliphatic carbocycles. The number of methoxy groups -OCH3 is 1. The number of nitrogens with zero attached hydrogens (tertiary/aromatic N) is 3. The van der Waals surface area contributed by atoms with Crippen LogP contribution in [0.1, 0.15) is 0 Å². The molecule has 1 heterocycles. The van der Waals surface area contributed by atoms with Gasteiger partial charge in [-0.1, -0.05) is 0 Å². The molecule has 6 nitrogen and oxygen atoms in total. The van der Waals surface area contributed by atoms with Gasteiger partial charge in [-0.15, -0.1) is 0 Å². The van der Waals surface area contributed by atoms with E-state index in [-0.39, 0.29) is 11.3 Å². The summed E-state index contributed by atoms with van der Waals surface area (Å²) >= 11 is 5.59. The predicted molar refractivity (Wildman–Crippen MR) is 48.9 cm³/mol. The highest BCUT2D eigenvalue weighted by atomic mass is 35.5. The normalized spacial score (nSPS) is 9.77. The molecule has 1 aromatic rings. The maximum atomic E-state index is 5.59. The highest BCUT2D eigenvalue weighted by Crippen LogP contribution is 2.09. The molecule has 1 aromatic heterocycles. The zero-order valence-electron chi connectivity index (χ0n) is 7.12. The fraction of sp³-hybridized carbons (Fsp3) is 0.500. The van der Waals surface area contributed by atoms with Gasteiger partial charge in [0.1, 0.15) is 0 Å². The lowest BCUT2D eigenvalue weighted by Crippen LogP contribution is -2.15. The third-order valence-electron chi connectivity index (χ3n) is 1.20. The lowest BCUT2D eigenvalue weighted by Gasteiger charge is -2.03. The lowest BCUT2D eigenvalue weighted by atomic mass is 10.6. The number of halogens is 1. The summed E-state index contributed by atoms with van der Waals surface area (Å²) in [4.78, 5) is 11.4. The number of ether oxygens (including phenoxy) is 1. The van der Waals surface area contributed by atoms with Crippen molar-refractivity contribution in [2.24, 2.45) is 5.73 Å². The van der Waals surface area contributed by atoms with E-state index >= 15 is 0 Å². The van der Waals surface area contributed by atoms with Gasteiger partial charge in [-0.3, -0.25) is 0 Å². The molecule has 3 N–H and O–H groups in total. The van der Waals surface area contributed by atoms with Crippen LogP contribution in [0.3, 0.4) is 0 Å². The Labute approximate surface area is 80.5 Å². The van der Waals surface area contributed by atoms with Gasteiger partial charge in [0.2, 0.25) is 11.2 Å². The van der Waals surface area contributed by atoms with E-state index in [0.29, 0.717) is 19.0 Å². The maximum absolute atomic E-state index is 5.59. The molecule has 0 fully saturated rings. The van der Waals surface area contributed by atoms with Crippen molar-refractivity contribution in [1.82, 2.24) is 15.0 Å². The number of hydrogen-bond acceptors (Lipinski definition) is 6. The quantitative estimate of drug-likeness (QED) is 0.711. The topological polar surface area (TPSA) is 86.0 Å². The minimum atomic E-state index is 0.0892. The number of nitrogens with one attached hydrogen (secondary N) is 1. The predicted octanol–water partition coefficient (Wildman–Crippen LogP) is -0.0958. The van der Waals surface area contributed by atoms with E-state index in [4.69, 9.17) is 22.1 Å². The van der Waals surface area contributed by atoms with Gasteiger partial charge in [0, 0.05) is 13.1 Å². The van der Waals surface area contributed by atoms with Gasteiger partial charge in [-0.2, -0.15) is 15.0 Å². The summed E-state index contributed by atoms with van der Waals surface area (Å²) in [5.41, 5.74) is 5.29. The first-order valence-electron chi connectivity index (χ1n) is 3.65. The summed E-state index contributed by atoms with van der Waals surface area (Å²) in [6.45, 7) is 1.06. The van der Waals surface area contributed by atoms with Crippen molar-refractivity contribution in [3.63, 3.8) is 0 Å². The summed E-state index contributed by atoms with van der Waals surface area (Å²) in [5.74, 6) is 0.363. The van der Waals surface area contributed by atoms with Crippen LogP contribution >= 0.6 is 11.6 Å². The van der Waals surface area contributed by atoms with Crippen LogP contribution in [0.5, 0.6) is 6.01 Å². The Hall–Kier alpha value is -1.14. The molecule has 0 saturated carbocycles. The first-order valence-corrected chi connectivity index (χ1v) is 4.03. The molecule has 0 aliphatic rings. The number of rotatable bonds is 4. The smallest absolute Gasteiger partial charge is 0.322 e. The Morgan fingerprint density at radius 2 is 2.23 bits per heavy atom. The van der Waals surface area contributed by atoms with Gasteiger partial charge >= 0.3 is 6.01 Å². The second-order valence-electron chi connectivity index (χ2n) is 2.13. The summed E-state index contributed by atoms with van der Waals surface area (Å²) in [5, 5.41) is 2.95. The molecular weight excluding hydrogens is 194 g/mol. The zero-order valence-corrected chi connectivity index (χ0v) is 7.88. The third kappa shape index (κ3) is 3.00.